The largest absolute Gasteiger partial charge is 0.397 e. The lowest BCUT2D eigenvalue weighted by Gasteiger charge is -2.62. The molecule has 4 rings (SSSR count). The second-order valence-electron chi connectivity index (χ2n) is 10.7. The van der Waals surface area contributed by atoms with Gasteiger partial charge in [-0.1, -0.05) is 13.8 Å². The van der Waals surface area contributed by atoms with Crippen LogP contribution in [0, 0.1) is 34.5 Å². The van der Waals surface area contributed by atoms with Crippen LogP contribution in [0.1, 0.15) is 65.2 Å². The Hall–Kier alpha value is -0.580. The Morgan fingerprint density at radius 1 is 1.13 bits per heavy atom. The van der Waals surface area contributed by atoms with E-state index >= 15 is 0 Å². The van der Waals surface area contributed by atoms with Crippen molar-refractivity contribution >= 4 is 16.2 Å². The van der Waals surface area contributed by atoms with Gasteiger partial charge in [0.15, 0.2) is 5.78 Å². The Morgan fingerprint density at radius 3 is 2.47 bits per heavy atom. The first-order chi connectivity index (χ1) is 13.9. The van der Waals surface area contributed by atoms with E-state index in [0.29, 0.717) is 38.5 Å². The summed E-state index contributed by atoms with van der Waals surface area (Å²) in [4.78, 5) is 12.4. The van der Waals surface area contributed by atoms with Crippen molar-refractivity contribution in [2.75, 3.05) is 6.61 Å². The number of fused-ring (bicyclic) bond motifs is 5. The summed E-state index contributed by atoms with van der Waals surface area (Å²) in [6.45, 7) is 3.37. The summed E-state index contributed by atoms with van der Waals surface area (Å²) in [6, 6.07) is 0. The van der Waals surface area contributed by atoms with Gasteiger partial charge < -0.3 is 15.3 Å². The van der Waals surface area contributed by atoms with E-state index in [0.717, 1.165) is 12.8 Å². The summed E-state index contributed by atoms with van der Waals surface area (Å²) in [6.07, 6.45) is 3.51. The Kier molecular flexibility index (Phi) is 5.44. The average Bonchev–Trinajstić information content (AvgIpc) is 2.91. The first-order valence-corrected chi connectivity index (χ1v) is 12.4. The van der Waals surface area contributed by atoms with Crippen molar-refractivity contribution in [2.45, 2.75) is 83.0 Å². The van der Waals surface area contributed by atoms with Crippen LogP contribution in [-0.2, 0) is 19.4 Å². The molecule has 30 heavy (non-hydrogen) atoms. The van der Waals surface area contributed by atoms with Crippen LogP contribution in [-0.4, -0.2) is 58.5 Å². The minimum atomic E-state index is -4.49. The van der Waals surface area contributed by atoms with Crippen LogP contribution in [0.5, 0.6) is 0 Å². The molecule has 172 valence electrons. The lowest BCUT2D eigenvalue weighted by molar-refractivity contribution is -0.202. The first kappa shape index (κ1) is 22.6. The van der Waals surface area contributed by atoms with Crippen molar-refractivity contribution in [1.29, 1.82) is 0 Å². The van der Waals surface area contributed by atoms with Gasteiger partial charge in [-0.15, -0.1) is 0 Å². The normalized spacial score (nSPS) is 51.0. The summed E-state index contributed by atoms with van der Waals surface area (Å²) in [7, 11) is -4.49. The molecule has 4 aliphatic rings. The van der Waals surface area contributed by atoms with E-state index in [2.05, 4.69) is 6.92 Å². The van der Waals surface area contributed by atoms with E-state index in [1.54, 1.807) is 0 Å². The number of ketones is 1. The molecule has 4 saturated carbocycles. The smallest absolute Gasteiger partial charge is 0.393 e. The Bertz CT molecular complexity index is 814. The van der Waals surface area contributed by atoms with Crippen LogP contribution >= 0.6 is 0 Å². The van der Waals surface area contributed by atoms with E-state index < -0.39 is 46.0 Å². The molecule has 8 nitrogen and oxygen atoms in total. The molecule has 0 aromatic heterocycles. The molecule has 0 heterocycles. The highest BCUT2D eigenvalue weighted by atomic mass is 32.3. The third kappa shape index (κ3) is 3.19. The molecule has 9 atom stereocenters. The second-order valence-corrected chi connectivity index (χ2v) is 11.7. The van der Waals surface area contributed by atoms with Gasteiger partial charge in [0.1, 0.15) is 12.2 Å². The maximum atomic E-state index is 12.4. The Morgan fingerprint density at radius 2 is 1.83 bits per heavy atom. The summed E-state index contributed by atoms with van der Waals surface area (Å²) >= 11 is 0. The fourth-order valence-electron chi connectivity index (χ4n) is 8.20. The second kappa shape index (κ2) is 7.22. The molecule has 0 aromatic rings. The molecular formula is C21H34O8S. The van der Waals surface area contributed by atoms with Gasteiger partial charge in [-0.25, -0.2) is 4.18 Å². The molecule has 0 spiro atoms. The van der Waals surface area contributed by atoms with Gasteiger partial charge in [-0.2, -0.15) is 8.42 Å². The number of aliphatic hydroxyl groups is 3. The quantitative estimate of drug-likeness (QED) is 0.476. The average molecular weight is 447 g/mol. The standard InChI is InChI=1S/C21H34O8S/c1-19-7-5-13(29-30(26,27)28)9-12(19)3-4-14-15-6-8-21(25,17(24)11-22)20(15,2)10-16(23)18(14)19/h12-16,18,22-23,25H,3-11H2,1-2H3,(H,26,27,28)/t12-,13-,14+,15+,16+,18-,19+,20+,21+/m1/s1. The molecule has 9 heteroatoms. The van der Waals surface area contributed by atoms with Gasteiger partial charge in [0, 0.05) is 5.41 Å². The van der Waals surface area contributed by atoms with Gasteiger partial charge in [-0.3, -0.25) is 9.35 Å². The molecule has 4 aliphatic carbocycles. The maximum absolute atomic E-state index is 12.4. The van der Waals surface area contributed by atoms with Crippen LogP contribution in [0.2, 0.25) is 0 Å². The summed E-state index contributed by atoms with van der Waals surface area (Å²) in [5.74, 6) is -0.110. The molecular weight excluding hydrogens is 412 g/mol. The van der Waals surface area contributed by atoms with Crippen LogP contribution in [0.4, 0.5) is 0 Å². The number of rotatable bonds is 4. The van der Waals surface area contributed by atoms with Crippen molar-refractivity contribution in [3.8, 4) is 0 Å². The Labute approximate surface area is 178 Å². The van der Waals surface area contributed by atoms with Gasteiger partial charge in [-0.05, 0) is 80.5 Å². The van der Waals surface area contributed by atoms with Crippen molar-refractivity contribution in [2.24, 2.45) is 34.5 Å². The molecule has 0 unspecified atom stereocenters. The number of carbonyl (C=O) groups is 1. The zero-order valence-corrected chi connectivity index (χ0v) is 18.5. The maximum Gasteiger partial charge on any atom is 0.397 e. The Balaban J connectivity index is 1.60. The van der Waals surface area contributed by atoms with Crippen LogP contribution in [0.3, 0.4) is 0 Å². The van der Waals surface area contributed by atoms with Gasteiger partial charge >= 0.3 is 10.4 Å². The molecule has 0 saturated heterocycles. The number of hydrogen-bond donors (Lipinski definition) is 4. The number of aliphatic hydroxyl groups excluding tert-OH is 2. The zero-order valence-electron chi connectivity index (χ0n) is 17.7. The van der Waals surface area contributed by atoms with E-state index in [1.165, 1.54) is 0 Å². The summed E-state index contributed by atoms with van der Waals surface area (Å²) < 4.78 is 36.2. The number of Topliss-reactive ketones (excluding diaryl/α,β-unsaturated/α-hetero) is 1. The fourth-order valence-corrected chi connectivity index (χ4v) is 8.72. The van der Waals surface area contributed by atoms with Crippen molar-refractivity contribution in [3.05, 3.63) is 0 Å². The third-order valence-electron chi connectivity index (χ3n) is 9.56. The van der Waals surface area contributed by atoms with Crippen molar-refractivity contribution < 1.29 is 37.3 Å². The van der Waals surface area contributed by atoms with E-state index in [9.17, 15) is 28.5 Å². The highest BCUT2D eigenvalue weighted by Gasteiger charge is 2.68. The van der Waals surface area contributed by atoms with Gasteiger partial charge in [0.05, 0.1) is 12.2 Å². The lowest BCUT2D eigenvalue weighted by atomic mass is 9.43. The summed E-state index contributed by atoms with van der Waals surface area (Å²) in [5, 5.41) is 32.0. The van der Waals surface area contributed by atoms with Crippen LogP contribution in [0.15, 0.2) is 0 Å². The van der Waals surface area contributed by atoms with E-state index in [4.69, 9.17) is 8.74 Å². The van der Waals surface area contributed by atoms with Crippen molar-refractivity contribution in [1.82, 2.24) is 0 Å². The monoisotopic (exact) mass is 446 g/mol. The predicted octanol–water partition coefficient (Wildman–Crippen LogP) is 1.48. The molecule has 4 fully saturated rings. The molecule has 0 amide bonds. The molecule has 0 radical (unpaired) electrons. The zero-order chi connectivity index (χ0) is 22.1. The SMILES string of the molecule is C[C@]12CC[C@@H](OS(=O)(=O)O)C[C@H]1CC[C@@H]1[C@@H]2[C@@H](O)C[C@@]2(C)[C@H]1CC[C@]2(O)C(=O)CO. The lowest BCUT2D eigenvalue weighted by Crippen LogP contribution is -2.63. The minimum Gasteiger partial charge on any atom is -0.393 e. The van der Waals surface area contributed by atoms with E-state index in [-0.39, 0.29) is 29.1 Å². The summed E-state index contributed by atoms with van der Waals surface area (Å²) in [5.41, 5.74) is -2.55. The number of hydrogen-bond acceptors (Lipinski definition) is 7. The molecule has 4 N–H and O–H groups in total. The molecule has 0 aliphatic heterocycles. The molecule has 0 aromatic carbocycles. The van der Waals surface area contributed by atoms with Gasteiger partial charge in [0.25, 0.3) is 0 Å². The number of carbonyl (C=O) groups excluding carboxylic acids is 1. The fraction of sp³-hybridized carbons (Fsp3) is 0.952. The van der Waals surface area contributed by atoms with Gasteiger partial charge in [0.2, 0.25) is 0 Å². The highest BCUT2D eigenvalue weighted by Crippen LogP contribution is 2.68. The third-order valence-corrected chi connectivity index (χ3v) is 10.1. The topological polar surface area (TPSA) is 141 Å². The van der Waals surface area contributed by atoms with Crippen LogP contribution in [0.25, 0.3) is 0 Å². The minimum absolute atomic E-state index is 0.00703. The van der Waals surface area contributed by atoms with Crippen LogP contribution < -0.4 is 0 Å². The highest BCUT2D eigenvalue weighted by molar-refractivity contribution is 7.80. The first-order valence-electron chi connectivity index (χ1n) is 11.1. The molecule has 0 bridgehead atoms. The predicted molar refractivity (Wildman–Crippen MR) is 107 cm³/mol. The van der Waals surface area contributed by atoms with E-state index in [1.807, 2.05) is 6.92 Å². The van der Waals surface area contributed by atoms with Crippen molar-refractivity contribution in [3.63, 3.8) is 0 Å².